The molecule has 0 bridgehead atoms. The number of anilines is 1. The molecule has 0 amide bonds. The van der Waals surface area contributed by atoms with Gasteiger partial charge in [0, 0.05) is 46.9 Å². The van der Waals surface area contributed by atoms with E-state index >= 15 is 4.39 Å². The molecule has 5 aromatic rings. The van der Waals surface area contributed by atoms with Crippen LogP contribution in [0.2, 0.25) is 0 Å². The Kier molecular flexibility index (Phi) is 5.60. The van der Waals surface area contributed by atoms with E-state index < -0.39 is 43.8 Å². The Hall–Kier alpha value is -4.79. The van der Waals surface area contributed by atoms with E-state index in [9.17, 15) is 17.6 Å². The van der Waals surface area contributed by atoms with E-state index in [1.54, 1.807) is 6.07 Å². The predicted molar refractivity (Wildman–Crippen MR) is 121 cm³/mol. The maximum absolute atomic E-state index is 15.3. The molecule has 15 heteroatoms. The maximum Gasteiger partial charge on any atom is 0.316 e. The van der Waals surface area contributed by atoms with Gasteiger partial charge in [0.1, 0.15) is 17.8 Å². The number of carbonyl (C=O) groups excluding carboxylic acids is 1. The number of fused-ring (bicyclic) bond motifs is 1. The second kappa shape index (κ2) is 8.77. The van der Waals surface area contributed by atoms with Crippen LogP contribution in [0, 0.1) is 11.6 Å². The Bertz CT molecular complexity index is 1700. The van der Waals surface area contributed by atoms with Gasteiger partial charge in [0.15, 0.2) is 5.82 Å². The summed E-state index contributed by atoms with van der Waals surface area (Å²) in [6.45, 7) is 0. The quantitative estimate of drug-likeness (QED) is 0.277. The number of H-pyrrole nitrogens is 2. The van der Waals surface area contributed by atoms with Crippen molar-refractivity contribution < 1.29 is 26.7 Å². The Morgan fingerprint density at radius 2 is 1.81 bits per heavy atom. The molecule has 3 N–H and O–H groups in total. The third-order valence-corrected chi connectivity index (χ3v) is 6.32. The monoisotopic (exact) mass is 512 g/mol. The highest BCUT2D eigenvalue weighted by molar-refractivity contribution is 7.92. The SMILES string of the molecule is COc1ncc(-c2cnc3[nH]cc(C(=O)c4c(F)ccc(NS(=O)(=O)c5ncn[nH]5)c4F)c3c2)cn1. The van der Waals surface area contributed by atoms with Gasteiger partial charge in [0.05, 0.1) is 18.4 Å². The van der Waals surface area contributed by atoms with Gasteiger partial charge in [0.2, 0.25) is 5.78 Å². The second-order valence-electron chi connectivity index (χ2n) is 7.29. The van der Waals surface area contributed by atoms with Gasteiger partial charge in [0.25, 0.3) is 15.2 Å². The van der Waals surface area contributed by atoms with Crippen molar-refractivity contribution in [2.75, 3.05) is 11.8 Å². The number of hydrogen-bond donors (Lipinski definition) is 3. The number of ether oxygens (including phenoxy) is 1. The van der Waals surface area contributed by atoms with E-state index in [0.29, 0.717) is 16.8 Å². The highest BCUT2D eigenvalue weighted by Gasteiger charge is 2.27. The second-order valence-corrected chi connectivity index (χ2v) is 8.89. The van der Waals surface area contributed by atoms with Crippen LogP contribution in [-0.4, -0.2) is 56.4 Å². The minimum absolute atomic E-state index is 0.0816. The van der Waals surface area contributed by atoms with Crippen LogP contribution >= 0.6 is 0 Å². The normalized spacial score (nSPS) is 11.5. The zero-order valence-corrected chi connectivity index (χ0v) is 19.0. The highest BCUT2D eigenvalue weighted by Crippen LogP contribution is 2.29. The van der Waals surface area contributed by atoms with Crippen LogP contribution in [-0.2, 0) is 10.0 Å². The van der Waals surface area contributed by atoms with Crippen LogP contribution < -0.4 is 9.46 Å². The number of aromatic nitrogens is 7. The Morgan fingerprint density at radius 1 is 1.06 bits per heavy atom. The van der Waals surface area contributed by atoms with Crippen molar-refractivity contribution in [3.8, 4) is 17.1 Å². The molecule has 1 aromatic carbocycles. The van der Waals surface area contributed by atoms with E-state index in [1.165, 1.54) is 31.9 Å². The van der Waals surface area contributed by atoms with Gasteiger partial charge in [-0.3, -0.25) is 9.52 Å². The molecular weight excluding hydrogens is 498 g/mol. The molecule has 0 spiro atoms. The van der Waals surface area contributed by atoms with Gasteiger partial charge in [-0.2, -0.15) is 13.5 Å². The minimum Gasteiger partial charge on any atom is -0.467 e. The maximum atomic E-state index is 15.3. The molecule has 36 heavy (non-hydrogen) atoms. The summed E-state index contributed by atoms with van der Waals surface area (Å²) in [7, 11) is -2.94. The van der Waals surface area contributed by atoms with Crippen molar-refractivity contribution in [2.45, 2.75) is 5.16 Å². The van der Waals surface area contributed by atoms with E-state index in [1.807, 2.05) is 4.72 Å². The number of sulfonamides is 1. The van der Waals surface area contributed by atoms with Gasteiger partial charge in [-0.1, -0.05) is 0 Å². The van der Waals surface area contributed by atoms with Crippen molar-refractivity contribution in [2.24, 2.45) is 0 Å². The average Bonchev–Trinajstić information content (AvgIpc) is 3.56. The summed E-state index contributed by atoms with van der Waals surface area (Å²) in [4.78, 5) is 31.8. The number of methoxy groups -OCH3 is 1. The van der Waals surface area contributed by atoms with E-state index in [0.717, 1.165) is 18.5 Å². The fourth-order valence-corrected chi connectivity index (χ4v) is 4.31. The number of benzene rings is 1. The molecule has 0 aliphatic heterocycles. The molecule has 0 aliphatic carbocycles. The first-order valence-electron chi connectivity index (χ1n) is 10.0. The molecule has 0 aliphatic rings. The number of carbonyl (C=O) groups is 1. The molecule has 12 nitrogen and oxygen atoms in total. The van der Waals surface area contributed by atoms with Gasteiger partial charge >= 0.3 is 6.01 Å². The predicted octanol–water partition coefficient (Wildman–Crippen LogP) is 2.46. The molecule has 182 valence electrons. The van der Waals surface area contributed by atoms with Crippen molar-refractivity contribution in [1.29, 1.82) is 0 Å². The topological polar surface area (TPSA) is 168 Å². The fraction of sp³-hybridized carbons (Fsp3) is 0.0476. The fourth-order valence-electron chi connectivity index (χ4n) is 3.41. The van der Waals surface area contributed by atoms with Gasteiger partial charge in [-0.15, -0.1) is 0 Å². The lowest BCUT2D eigenvalue weighted by Crippen LogP contribution is -2.17. The number of nitrogens with one attached hydrogen (secondary N) is 3. The lowest BCUT2D eigenvalue weighted by atomic mass is 10.0. The molecule has 0 unspecified atom stereocenters. The van der Waals surface area contributed by atoms with Crippen molar-refractivity contribution in [3.05, 3.63) is 72.1 Å². The first-order valence-corrected chi connectivity index (χ1v) is 11.5. The molecule has 0 radical (unpaired) electrons. The van der Waals surface area contributed by atoms with Crippen LogP contribution in [0.15, 0.2) is 54.5 Å². The minimum atomic E-state index is -4.37. The molecule has 4 aromatic heterocycles. The standard InChI is InChI=1S/C21H14F2N8O4S/c1-35-20-26-6-11(7-27-20)10-4-12-13(8-25-19(12)24-5-10)18(32)16-14(22)2-3-15(17(16)23)31-36(33,34)21-28-9-29-30-21/h2-9,31H,1H3,(H,24,25)(H,28,29,30). The number of pyridine rings is 1. The zero-order chi connectivity index (χ0) is 25.4. The number of rotatable bonds is 7. The van der Waals surface area contributed by atoms with Crippen LogP contribution in [0.4, 0.5) is 14.5 Å². The summed E-state index contributed by atoms with van der Waals surface area (Å²) in [5, 5.41) is 5.25. The molecule has 4 heterocycles. The van der Waals surface area contributed by atoms with Crippen LogP contribution in [0.5, 0.6) is 6.01 Å². The van der Waals surface area contributed by atoms with Crippen LogP contribution in [0.25, 0.3) is 22.2 Å². The zero-order valence-electron chi connectivity index (χ0n) is 18.2. The third-order valence-electron chi connectivity index (χ3n) is 5.13. The van der Waals surface area contributed by atoms with Crippen LogP contribution in [0.3, 0.4) is 0 Å². The average molecular weight is 512 g/mol. The molecule has 0 saturated carbocycles. The number of hydrogen-bond acceptors (Lipinski definition) is 9. The number of aromatic amines is 2. The van der Waals surface area contributed by atoms with Crippen molar-refractivity contribution in [3.63, 3.8) is 0 Å². The first kappa shape index (κ1) is 23.0. The van der Waals surface area contributed by atoms with Crippen molar-refractivity contribution >= 4 is 32.5 Å². The number of nitrogens with zero attached hydrogens (tertiary/aromatic N) is 5. The summed E-state index contributed by atoms with van der Waals surface area (Å²) >= 11 is 0. The van der Waals surface area contributed by atoms with E-state index in [2.05, 4.69) is 35.1 Å². The molecular formula is C21H14F2N8O4S. The molecule has 5 rings (SSSR count). The van der Waals surface area contributed by atoms with Crippen molar-refractivity contribution in [1.82, 2.24) is 35.1 Å². The van der Waals surface area contributed by atoms with Gasteiger partial charge in [-0.05, 0) is 18.2 Å². The molecule has 0 atom stereocenters. The summed E-state index contributed by atoms with van der Waals surface area (Å²) < 4.78 is 61.6. The Morgan fingerprint density at radius 3 is 2.50 bits per heavy atom. The molecule has 0 saturated heterocycles. The third kappa shape index (κ3) is 4.00. The van der Waals surface area contributed by atoms with E-state index in [4.69, 9.17) is 4.74 Å². The van der Waals surface area contributed by atoms with Crippen LogP contribution in [0.1, 0.15) is 15.9 Å². The number of halogens is 2. The summed E-state index contributed by atoms with van der Waals surface area (Å²) in [5.74, 6) is -3.60. The first-order chi connectivity index (χ1) is 17.3. The highest BCUT2D eigenvalue weighted by atomic mass is 32.2. The molecule has 0 fully saturated rings. The summed E-state index contributed by atoms with van der Waals surface area (Å²) in [5.41, 5.74) is -0.294. The Labute approximate surface area is 200 Å². The van der Waals surface area contributed by atoms with Gasteiger partial charge in [-0.25, -0.2) is 33.8 Å². The number of ketones is 1. The van der Waals surface area contributed by atoms with E-state index in [-0.39, 0.29) is 17.0 Å². The lowest BCUT2D eigenvalue weighted by Gasteiger charge is -2.10. The lowest BCUT2D eigenvalue weighted by molar-refractivity contribution is 0.103. The largest absolute Gasteiger partial charge is 0.467 e. The Balaban J connectivity index is 1.54. The summed E-state index contributed by atoms with van der Waals surface area (Å²) in [6.07, 6.45) is 6.71. The summed E-state index contributed by atoms with van der Waals surface area (Å²) in [6, 6.07) is 3.38. The smallest absolute Gasteiger partial charge is 0.316 e. The van der Waals surface area contributed by atoms with Gasteiger partial charge < -0.3 is 9.72 Å².